The van der Waals surface area contributed by atoms with E-state index in [2.05, 4.69) is 95.4 Å². The molecule has 0 radical (unpaired) electrons. The third-order valence-corrected chi connectivity index (χ3v) is 7.70. The maximum absolute atomic E-state index is 5.97. The van der Waals surface area contributed by atoms with E-state index in [0.29, 0.717) is 5.11 Å². The Hall–Kier alpha value is -4.16. The molecule has 6 heteroatoms. The maximum Gasteiger partial charge on any atom is 0.174 e. The van der Waals surface area contributed by atoms with E-state index in [1.165, 1.54) is 33.4 Å². The average Bonchev–Trinajstić information content (AvgIpc) is 3.43. The first kappa shape index (κ1) is 25.1. The number of aromatic nitrogens is 2. The van der Waals surface area contributed by atoms with Gasteiger partial charge in [-0.05, 0) is 99.4 Å². The van der Waals surface area contributed by atoms with Crippen molar-refractivity contribution in [2.45, 2.75) is 45.9 Å². The van der Waals surface area contributed by atoms with Crippen LogP contribution in [0.25, 0.3) is 16.5 Å². The van der Waals surface area contributed by atoms with Crippen molar-refractivity contribution in [1.82, 2.24) is 14.9 Å². The second-order valence-corrected chi connectivity index (χ2v) is 10.7. The van der Waals surface area contributed by atoms with Crippen molar-refractivity contribution in [2.24, 2.45) is 0 Å². The van der Waals surface area contributed by atoms with Crippen LogP contribution in [0.3, 0.4) is 0 Å². The number of rotatable bonds is 6. The van der Waals surface area contributed by atoms with Crippen LogP contribution < -0.4 is 15.0 Å². The van der Waals surface area contributed by atoms with Gasteiger partial charge in [0.05, 0.1) is 29.6 Å². The Bertz CT molecular complexity index is 1640. The Morgan fingerprint density at radius 3 is 2.38 bits per heavy atom. The van der Waals surface area contributed by atoms with Gasteiger partial charge >= 0.3 is 0 Å². The van der Waals surface area contributed by atoms with E-state index in [0.717, 1.165) is 17.1 Å². The lowest BCUT2D eigenvalue weighted by Crippen LogP contribution is -2.29. The number of ether oxygens (including phenoxy) is 1. The van der Waals surface area contributed by atoms with Crippen molar-refractivity contribution in [3.05, 3.63) is 120 Å². The number of aryl methyl sites for hydroxylation is 1. The molecule has 1 aliphatic heterocycles. The number of anilines is 1. The predicted molar refractivity (Wildman–Crippen MR) is 163 cm³/mol. The van der Waals surface area contributed by atoms with Crippen LogP contribution in [0.15, 0.2) is 97.2 Å². The van der Waals surface area contributed by atoms with Gasteiger partial charge in [0.15, 0.2) is 5.11 Å². The molecule has 0 spiro atoms. The zero-order valence-corrected chi connectivity index (χ0v) is 23.4. The number of nitrogens with one attached hydrogen (secondary N) is 1. The van der Waals surface area contributed by atoms with Crippen molar-refractivity contribution in [1.29, 1.82) is 0 Å². The third kappa shape index (κ3) is 4.55. The van der Waals surface area contributed by atoms with Crippen LogP contribution in [0, 0.1) is 13.8 Å². The monoisotopic (exact) mass is 532 g/mol. The maximum atomic E-state index is 5.97. The normalized spacial score (nSPS) is 17.2. The number of nitrogens with zero attached hydrogens (tertiary/aromatic N) is 3. The van der Waals surface area contributed by atoms with E-state index >= 15 is 0 Å². The van der Waals surface area contributed by atoms with Gasteiger partial charge in [0.2, 0.25) is 0 Å². The molecule has 5 nitrogen and oxygen atoms in total. The largest absolute Gasteiger partial charge is 0.491 e. The van der Waals surface area contributed by atoms with Crippen molar-refractivity contribution in [2.75, 3.05) is 4.90 Å². The zero-order valence-electron chi connectivity index (χ0n) is 22.6. The Balaban J connectivity index is 1.50. The first-order valence-electron chi connectivity index (χ1n) is 13.4. The standard InChI is InChI=1S/C33H32N4OS/c1-21(2)38-26-17-15-25(16-18-26)37-32(31(35-33(37)39)29-13-7-8-19-34-29)28-20-22(3)36(23(28)4)30-14-9-11-24-10-5-6-12-27(24)30/h5-21,31-32H,1-4H3,(H,35,39)/t31-,32-/m1/s1. The fraction of sp³-hybridized carbons (Fsp3) is 0.212. The highest BCUT2D eigenvalue weighted by Gasteiger charge is 2.42. The molecule has 196 valence electrons. The predicted octanol–water partition coefficient (Wildman–Crippen LogP) is 7.61. The molecule has 1 fully saturated rings. The van der Waals surface area contributed by atoms with Crippen LogP contribution >= 0.6 is 12.2 Å². The lowest BCUT2D eigenvalue weighted by molar-refractivity contribution is 0.242. The molecule has 0 bridgehead atoms. The molecule has 2 atom stereocenters. The van der Waals surface area contributed by atoms with Gasteiger partial charge < -0.3 is 19.5 Å². The van der Waals surface area contributed by atoms with Gasteiger partial charge in [0.1, 0.15) is 5.75 Å². The number of benzene rings is 3. The van der Waals surface area contributed by atoms with Crippen molar-refractivity contribution >= 4 is 33.8 Å². The minimum Gasteiger partial charge on any atom is -0.491 e. The molecule has 1 N–H and O–H groups in total. The van der Waals surface area contributed by atoms with E-state index in [9.17, 15) is 0 Å². The quantitative estimate of drug-likeness (QED) is 0.228. The second-order valence-electron chi connectivity index (χ2n) is 10.3. The lowest BCUT2D eigenvalue weighted by Gasteiger charge is -2.28. The smallest absolute Gasteiger partial charge is 0.174 e. The molecule has 0 unspecified atom stereocenters. The minimum atomic E-state index is -0.105. The second kappa shape index (κ2) is 10.2. The molecule has 3 heterocycles. The lowest BCUT2D eigenvalue weighted by atomic mass is 9.96. The first-order valence-corrected chi connectivity index (χ1v) is 13.8. The van der Waals surface area contributed by atoms with E-state index in [4.69, 9.17) is 21.9 Å². The number of thiocarbonyl (C=S) groups is 1. The number of pyridine rings is 1. The highest BCUT2D eigenvalue weighted by Crippen LogP contribution is 2.44. The molecule has 3 aromatic carbocycles. The summed E-state index contributed by atoms with van der Waals surface area (Å²) < 4.78 is 8.27. The van der Waals surface area contributed by atoms with Gasteiger partial charge in [0, 0.05) is 28.7 Å². The topological polar surface area (TPSA) is 42.3 Å². The Kier molecular flexibility index (Phi) is 6.57. The van der Waals surface area contributed by atoms with Crippen molar-refractivity contribution in [3.63, 3.8) is 0 Å². The van der Waals surface area contributed by atoms with Crippen LogP contribution in [-0.2, 0) is 0 Å². The summed E-state index contributed by atoms with van der Waals surface area (Å²) in [5, 5.41) is 6.73. The van der Waals surface area contributed by atoms with E-state index in [1.807, 2.05) is 44.3 Å². The molecule has 2 aromatic heterocycles. The summed E-state index contributed by atoms with van der Waals surface area (Å²) in [6.45, 7) is 8.45. The highest BCUT2D eigenvalue weighted by atomic mass is 32.1. The third-order valence-electron chi connectivity index (χ3n) is 7.38. The van der Waals surface area contributed by atoms with Gasteiger partial charge in [-0.2, -0.15) is 0 Å². The molecule has 0 amide bonds. The molecule has 6 rings (SSSR count). The summed E-state index contributed by atoms with van der Waals surface area (Å²) in [7, 11) is 0. The summed E-state index contributed by atoms with van der Waals surface area (Å²) in [4.78, 5) is 6.95. The summed E-state index contributed by atoms with van der Waals surface area (Å²) >= 11 is 5.97. The van der Waals surface area contributed by atoms with E-state index in [1.54, 1.807) is 0 Å². The summed E-state index contributed by atoms with van der Waals surface area (Å²) in [5.74, 6) is 0.846. The Morgan fingerprint density at radius 2 is 1.64 bits per heavy atom. The summed E-state index contributed by atoms with van der Waals surface area (Å²) in [5.41, 5.74) is 6.73. The van der Waals surface area contributed by atoms with E-state index < -0.39 is 0 Å². The fourth-order valence-electron chi connectivity index (χ4n) is 5.77. The van der Waals surface area contributed by atoms with Gasteiger partial charge in [-0.3, -0.25) is 4.98 Å². The van der Waals surface area contributed by atoms with Crippen molar-refractivity contribution < 1.29 is 4.74 Å². The van der Waals surface area contributed by atoms with Gasteiger partial charge in [0.25, 0.3) is 0 Å². The average molecular weight is 533 g/mol. The fourth-order valence-corrected chi connectivity index (χ4v) is 6.11. The van der Waals surface area contributed by atoms with Crippen LogP contribution in [0.4, 0.5) is 5.69 Å². The van der Waals surface area contributed by atoms with Crippen LogP contribution in [0.2, 0.25) is 0 Å². The Labute approximate surface area is 235 Å². The molecular formula is C33H32N4OS. The molecule has 1 aliphatic rings. The summed E-state index contributed by atoms with van der Waals surface area (Å²) in [6.07, 6.45) is 1.96. The Morgan fingerprint density at radius 1 is 0.897 bits per heavy atom. The number of fused-ring (bicyclic) bond motifs is 1. The first-order chi connectivity index (χ1) is 18.9. The number of hydrogen-bond donors (Lipinski definition) is 1. The molecule has 0 aliphatic carbocycles. The molecule has 1 saturated heterocycles. The molecule has 39 heavy (non-hydrogen) atoms. The highest BCUT2D eigenvalue weighted by molar-refractivity contribution is 7.80. The van der Waals surface area contributed by atoms with Gasteiger partial charge in [-0.25, -0.2) is 0 Å². The van der Waals surface area contributed by atoms with E-state index in [-0.39, 0.29) is 18.2 Å². The van der Waals surface area contributed by atoms with Crippen LogP contribution in [0.1, 0.15) is 48.6 Å². The minimum absolute atomic E-state index is 0.0841. The SMILES string of the molecule is Cc1cc([C@@H]2[C@@H](c3ccccn3)NC(=S)N2c2ccc(OC(C)C)cc2)c(C)n1-c1cccc2ccccc12. The van der Waals surface area contributed by atoms with Crippen molar-refractivity contribution in [3.8, 4) is 11.4 Å². The molecular weight excluding hydrogens is 500 g/mol. The van der Waals surface area contributed by atoms with Crippen LogP contribution in [-0.4, -0.2) is 20.8 Å². The van der Waals surface area contributed by atoms with Gasteiger partial charge in [-0.1, -0.05) is 42.5 Å². The zero-order chi connectivity index (χ0) is 27.1. The number of hydrogen-bond acceptors (Lipinski definition) is 3. The molecule has 5 aromatic rings. The summed E-state index contributed by atoms with van der Waals surface area (Å²) in [6, 6.07) is 31.4. The molecule has 0 saturated carbocycles. The van der Waals surface area contributed by atoms with Gasteiger partial charge in [-0.15, -0.1) is 0 Å². The van der Waals surface area contributed by atoms with Crippen LogP contribution in [0.5, 0.6) is 5.75 Å².